The number of nitrogens with two attached hydrogens (primary N) is 1. The van der Waals surface area contributed by atoms with Crippen molar-refractivity contribution in [1.82, 2.24) is 9.78 Å². The molecule has 80 valence electrons. The number of nitrogen functional groups attached to an aromatic ring is 1. The lowest BCUT2D eigenvalue weighted by Crippen LogP contribution is -1.96. The summed E-state index contributed by atoms with van der Waals surface area (Å²) in [6.07, 6.45) is 1.22. The second-order valence-electron chi connectivity index (χ2n) is 3.96. The van der Waals surface area contributed by atoms with Crippen LogP contribution in [0.4, 0.5) is 5.69 Å². The lowest BCUT2D eigenvalue weighted by Gasteiger charge is -2.05. The molecule has 0 saturated carbocycles. The molecule has 1 rings (SSSR count). The highest BCUT2D eigenvalue weighted by atomic mass is 32.2. The van der Waals surface area contributed by atoms with Gasteiger partial charge in [0, 0.05) is 7.05 Å². The molecule has 0 radical (unpaired) electrons. The van der Waals surface area contributed by atoms with Crippen molar-refractivity contribution >= 4 is 17.4 Å². The van der Waals surface area contributed by atoms with E-state index < -0.39 is 0 Å². The van der Waals surface area contributed by atoms with E-state index >= 15 is 0 Å². The van der Waals surface area contributed by atoms with Crippen LogP contribution in [0.1, 0.15) is 26.0 Å². The third kappa shape index (κ3) is 2.67. The molecule has 0 aliphatic rings. The van der Waals surface area contributed by atoms with Crippen LogP contribution in [0.25, 0.3) is 0 Å². The van der Waals surface area contributed by atoms with E-state index in [-0.39, 0.29) is 0 Å². The predicted octanol–water partition coefficient (Wildman–Crippen LogP) is 2.45. The van der Waals surface area contributed by atoms with Crippen LogP contribution in [0.5, 0.6) is 0 Å². The quantitative estimate of drug-likeness (QED) is 0.781. The smallest absolute Gasteiger partial charge is 0.117 e. The maximum Gasteiger partial charge on any atom is 0.117 e. The van der Waals surface area contributed by atoms with Gasteiger partial charge in [0.15, 0.2) is 0 Å². The van der Waals surface area contributed by atoms with E-state index in [1.807, 2.05) is 18.7 Å². The van der Waals surface area contributed by atoms with Crippen LogP contribution >= 0.6 is 11.8 Å². The van der Waals surface area contributed by atoms with Crippen LogP contribution in [-0.2, 0) is 7.05 Å². The molecule has 0 aliphatic heterocycles. The van der Waals surface area contributed by atoms with E-state index in [9.17, 15) is 0 Å². The zero-order valence-corrected chi connectivity index (χ0v) is 10.2. The Hall–Kier alpha value is -0.640. The third-order valence-corrected chi connectivity index (χ3v) is 3.35. The SMILES string of the molecule is Cc1nn(C)c(SCCC(C)C)c1N. The summed E-state index contributed by atoms with van der Waals surface area (Å²) in [6.45, 7) is 6.42. The van der Waals surface area contributed by atoms with Gasteiger partial charge in [0.05, 0.1) is 11.4 Å². The third-order valence-electron chi connectivity index (χ3n) is 2.15. The first-order valence-corrected chi connectivity index (χ1v) is 5.92. The Morgan fingerprint density at radius 3 is 2.57 bits per heavy atom. The van der Waals surface area contributed by atoms with Gasteiger partial charge < -0.3 is 5.73 Å². The first kappa shape index (κ1) is 11.4. The van der Waals surface area contributed by atoms with Crippen molar-refractivity contribution in [2.45, 2.75) is 32.2 Å². The first-order valence-electron chi connectivity index (χ1n) is 4.94. The number of aryl methyl sites for hydroxylation is 2. The van der Waals surface area contributed by atoms with Crippen LogP contribution in [0.3, 0.4) is 0 Å². The second kappa shape index (κ2) is 4.73. The molecular weight excluding hydrogens is 194 g/mol. The fourth-order valence-corrected chi connectivity index (χ4v) is 2.53. The Kier molecular flexibility index (Phi) is 3.86. The van der Waals surface area contributed by atoms with E-state index in [4.69, 9.17) is 5.73 Å². The van der Waals surface area contributed by atoms with Gasteiger partial charge in [-0.3, -0.25) is 4.68 Å². The summed E-state index contributed by atoms with van der Waals surface area (Å²) in [4.78, 5) is 0. The van der Waals surface area contributed by atoms with E-state index in [2.05, 4.69) is 18.9 Å². The highest BCUT2D eigenvalue weighted by Gasteiger charge is 2.10. The van der Waals surface area contributed by atoms with Crippen molar-refractivity contribution in [3.63, 3.8) is 0 Å². The summed E-state index contributed by atoms with van der Waals surface area (Å²) >= 11 is 1.80. The maximum atomic E-state index is 5.92. The van der Waals surface area contributed by atoms with E-state index in [0.717, 1.165) is 28.1 Å². The number of rotatable bonds is 4. The molecule has 1 heterocycles. The highest BCUT2D eigenvalue weighted by molar-refractivity contribution is 7.99. The van der Waals surface area contributed by atoms with Gasteiger partial charge in [0.2, 0.25) is 0 Å². The molecule has 0 spiro atoms. The highest BCUT2D eigenvalue weighted by Crippen LogP contribution is 2.27. The molecule has 3 nitrogen and oxygen atoms in total. The maximum absolute atomic E-state index is 5.92. The van der Waals surface area contributed by atoms with Crippen molar-refractivity contribution in [2.75, 3.05) is 11.5 Å². The van der Waals surface area contributed by atoms with Crippen LogP contribution in [-0.4, -0.2) is 15.5 Å². The molecule has 1 aromatic rings. The van der Waals surface area contributed by atoms with Crippen molar-refractivity contribution in [1.29, 1.82) is 0 Å². The van der Waals surface area contributed by atoms with Gasteiger partial charge in [-0.1, -0.05) is 13.8 Å². The van der Waals surface area contributed by atoms with Crippen molar-refractivity contribution in [3.05, 3.63) is 5.69 Å². The molecule has 0 saturated heterocycles. The minimum absolute atomic E-state index is 0.748. The van der Waals surface area contributed by atoms with Gasteiger partial charge >= 0.3 is 0 Å². The number of aromatic nitrogens is 2. The van der Waals surface area contributed by atoms with Crippen LogP contribution in [0.15, 0.2) is 5.03 Å². The summed E-state index contributed by atoms with van der Waals surface area (Å²) in [5.74, 6) is 1.86. The fourth-order valence-electron chi connectivity index (χ4n) is 1.22. The minimum atomic E-state index is 0.748. The number of hydrogen-bond acceptors (Lipinski definition) is 3. The number of thioether (sulfide) groups is 1. The largest absolute Gasteiger partial charge is 0.395 e. The van der Waals surface area contributed by atoms with E-state index in [1.165, 1.54) is 6.42 Å². The zero-order chi connectivity index (χ0) is 10.7. The Bertz CT molecular complexity index is 305. The lowest BCUT2D eigenvalue weighted by atomic mass is 10.2. The molecule has 1 aromatic heterocycles. The van der Waals surface area contributed by atoms with Crippen LogP contribution in [0.2, 0.25) is 0 Å². The minimum Gasteiger partial charge on any atom is -0.395 e. The predicted molar refractivity (Wildman–Crippen MR) is 62.5 cm³/mol. The zero-order valence-electron chi connectivity index (χ0n) is 9.37. The van der Waals surface area contributed by atoms with Gasteiger partial charge in [-0.15, -0.1) is 11.8 Å². The van der Waals surface area contributed by atoms with Gasteiger partial charge in [-0.25, -0.2) is 0 Å². The topological polar surface area (TPSA) is 43.8 Å². The van der Waals surface area contributed by atoms with E-state index in [0.29, 0.717) is 0 Å². The molecule has 0 amide bonds. The summed E-state index contributed by atoms with van der Waals surface area (Å²) < 4.78 is 1.87. The Labute approximate surface area is 90.1 Å². The van der Waals surface area contributed by atoms with Crippen molar-refractivity contribution in [3.8, 4) is 0 Å². The van der Waals surface area contributed by atoms with E-state index in [1.54, 1.807) is 11.8 Å². The Morgan fingerprint density at radius 1 is 1.50 bits per heavy atom. The van der Waals surface area contributed by atoms with Crippen LogP contribution in [0, 0.1) is 12.8 Å². The summed E-state index contributed by atoms with van der Waals surface area (Å²) in [6, 6.07) is 0. The Morgan fingerprint density at radius 2 is 2.14 bits per heavy atom. The monoisotopic (exact) mass is 213 g/mol. The molecule has 14 heavy (non-hydrogen) atoms. The molecule has 0 bridgehead atoms. The van der Waals surface area contributed by atoms with Crippen LogP contribution < -0.4 is 5.73 Å². The van der Waals surface area contributed by atoms with Gasteiger partial charge in [-0.2, -0.15) is 5.10 Å². The molecule has 0 fully saturated rings. The molecule has 0 aliphatic carbocycles. The fraction of sp³-hybridized carbons (Fsp3) is 0.700. The lowest BCUT2D eigenvalue weighted by molar-refractivity contribution is 0.630. The average Bonchev–Trinajstić information content (AvgIpc) is 2.31. The molecular formula is C10H19N3S. The Balaban J connectivity index is 2.58. The normalized spacial score (nSPS) is 11.2. The number of hydrogen-bond donors (Lipinski definition) is 1. The van der Waals surface area contributed by atoms with Gasteiger partial charge in [-0.05, 0) is 25.0 Å². The first-order chi connectivity index (χ1) is 6.52. The molecule has 0 unspecified atom stereocenters. The molecule has 4 heteroatoms. The number of anilines is 1. The van der Waals surface area contributed by atoms with Crippen molar-refractivity contribution in [2.24, 2.45) is 13.0 Å². The number of nitrogens with zero attached hydrogens (tertiary/aromatic N) is 2. The molecule has 0 aromatic carbocycles. The summed E-state index contributed by atoms with van der Waals surface area (Å²) in [5.41, 5.74) is 7.68. The van der Waals surface area contributed by atoms with Gasteiger partial charge in [0.1, 0.15) is 5.03 Å². The standard InChI is InChI=1S/C10H19N3S/c1-7(2)5-6-14-10-9(11)8(3)12-13(10)4/h7H,5-6,11H2,1-4H3. The molecule has 0 atom stereocenters. The average molecular weight is 213 g/mol. The summed E-state index contributed by atoms with van der Waals surface area (Å²) in [5, 5.41) is 5.38. The summed E-state index contributed by atoms with van der Waals surface area (Å²) in [7, 11) is 1.95. The second-order valence-corrected chi connectivity index (χ2v) is 5.04. The van der Waals surface area contributed by atoms with Crippen molar-refractivity contribution < 1.29 is 0 Å². The molecule has 2 N–H and O–H groups in total. The van der Waals surface area contributed by atoms with Gasteiger partial charge in [0.25, 0.3) is 0 Å².